The van der Waals surface area contributed by atoms with Crippen molar-refractivity contribution in [2.45, 2.75) is 6.73 Å². The van der Waals surface area contributed by atoms with E-state index in [1.54, 1.807) is 24.3 Å². The van der Waals surface area contributed by atoms with Crippen molar-refractivity contribution in [3.8, 4) is 39.7 Å². The number of aromatic nitrogens is 2. The Morgan fingerprint density at radius 3 is 2.57 bits per heavy atom. The fourth-order valence-corrected chi connectivity index (χ4v) is 6.28. The van der Waals surface area contributed by atoms with Crippen LogP contribution in [0.4, 0.5) is 10.1 Å². The zero-order valence-corrected chi connectivity index (χ0v) is 25.3. The first-order valence-electron chi connectivity index (χ1n) is 13.5. The Balaban J connectivity index is 1.50. The van der Waals surface area contributed by atoms with Gasteiger partial charge in [0.15, 0.2) is 6.73 Å². The smallest absolute Gasteiger partial charge is 0.255 e. The third kappa shape index (κ3) is 4.39. The van der Waals surface area contributed by atoms with Crippen molar-refractivity contribution in [1.82, 2.24) is 14.9 Å². The lowest BCUT2D eigenvalue weighted by atomic mass is 10.0. The first kappa shape index (κ1) is 27.9. The van der Waals surface area contributed by atoms with E-state index in [4.69, 9.17) is 25.7 Å². The molecule has 0 bridgehead atoms. The number of benzene rings is 3. The average Bonchev–Trinajstić information content (AvgIpc) is 3.59. The van der Waals surface area contributed by atoms with Gasteiger partial charge in [-0.3, -0.25) is 9.10 Å². The summed E-state index contributed by atoms with van der Waals surface area (Å²) in [4.78, 5) is 18.2. The van der Waals surface area contributed by atoms with Gasteiger partial charge in [0, 0.05) is 47.1 Å². The summed E-state index contributed by atoms with van der Waals surface area (Å²) in [6.07, 6.45) is 1.10. The molecule has 0 saturated heterocycles. The van der Waals surface area contributed by atoms with Gasteiger partial charge >= 0.3 is 0 Å². The van der Waals surface area contributed by atoms with E-state index >= 15 is 0 Å². The molecule has 0 saturated carbocycles. The predicted octanol–water partition coefficient (Wildman–Crippen LogP) is 6.68. The number of halogens is 2. The molecular formula is C32H24ClFN4O5S. The van der Waals surface area contributed by atoms with E-state index in [0.29, 0.717) is 38.7 Å². The summed E-state index contributed by atoms with van der Waals surface area (Å²) in [5.74, 6) is -0.0780. The monoisotopic (exact) mass is 630 g/mol. The highest BCUT2D eigenvalue weighted by molar-refractivity contribution is 7.92. The lowest BCUT2D eigenvalue weighted by Gasteiger charge is -2.23. The highest BCUT2D eigenvalue weighted by Gasteiger charge is 2.28. The minimum absolute atomic E-state index is 0.220. The lowest BCUT2D eigenvalue weighted by Crippen LogP contribution is -2.25. The summed E-state index contributed by atoms with van der Waals surface area (Å²) in [6, 6.07) is 20.0. The molecule has 1 aliphatic rings. The van der Waals surface area contributed by atoms with E-state index in [9.17, 15) is 17.6 Å². The summed E-state index contributed by atoms with van der Waals surface area (Å²) in [7, 11) is -0.791. The van der Waals surface area contributed by atoms with Crippen LogP contribution >= 0.6 is 11.6 Å². The maximum atomic E-state index is 13.7. The fourth-order valence-electron chi connectivity index (χ4n) is 5.55. The molecule has 0 unspecified atom stereocenters. The first-order chi connectivity index (χ1) is 21.0. The van der Waals surface area contributed by atoms with Gasteiger partial charge in [0.05, 0.1) is 34.4 Å². The molecule has 0 spiro atoms. The molecule has 1 aliphatic heterocycles. The lowest BCUT2D eigenvalue weighted by molar-refractivity contribution is 0.0964. The van der Waals surface area contributed by atoms with Gasteiger partial charge in [0.25, 0.3) is 5.91 Å². The van der Waals surface area contributed by atoms with Crippen LogP contribution in [0.2, 0.25) is 5.02 Å². The second-order valence-corrected chi connectivity index (χ2v) is 12.9. The molecule has 3 aromatic heterocycles. The molecule has 3 aromatic carbocycles. The number of nitrogens with one attached hydrogen (secondary N) is 1. The molecule has 9 nitrogen and oxygen atoms in total. The van der Waals surface area contributed by atoms with Crippen molar-refractivity contribution in [2.75, 3.05) is 24.7 Å². The number of hydrogen-bond donors (Lipinski definition) is 1. The number of sulfonamides is 1. The van der Waals surface area contributed by atoms with Gasteiger partial charge in [-0.2, -0.15) is 0 Å². The third-order valence-electron chi connectivity index (χ3n) is 7.82. The Morgan fingerprint density at radius 2 is 1.84 bits per heavy atom. The molecule has 12 heteroatoms. The number of hydrogen-bond acceptors (Lipinski definition) is 6. The van der Waals surface area contributed by atoms with Crippen LogP contribution in [-0.4, -0.2) is 44.2 Å². The molecule has 1 amide bonds. The summed E-state index contributed by atoms with van der Waals surface area (Å²) < 4.78 is 54.6. The van der Waals surface area contributed by atoms with Gasteiger partial charge in [0.2, 0.25) is 10.0 Å². The van der Waals surface area contributed by atoms with E-state index < -0.39 is 21.7 Å². The van der Waals surface area contributed by atoms with Crippen LogP contribution in [0.3, 0.4) is 0 Å². The maximum Gasteiger partial charge on any atom is 0.255 e. The number of anilines is 1. The molecule has 222 valence electrons. The largest absolute Gasteiger partial charge is 0.470 e. The Kier molecular flexibility index (Phi) is 6.41. The average molecular weight is 631 g/mol. The van der Waals surface area contributed by atoms with E-state index in [1.165, 1.54) is 38.4 Å². The van der Waals surface area contributed by atoms with E-state index in [1.807, 2.05) is 28.8 Å². The second-order valence-electron chi connectivity index (χ2n) is 10.4. The van der Waals surface area contributed by atoms with Gasteiger partial charge in [-0.1, -0.05) is 17.7 Å². The quantitative estimate of drug-likeness (QED) is 0.228. The van der Waals surface area contributed by atoms with Crippen molar-refractivity contribution >= 4 is 55.1 Å². The van der Waals surface area contributed by atoms with Crippen molar-refractivity contribution in [3.05, 3.63) is 89.2 Å². The van der Waals surface area contributed by atoms with Gasteiger partial charge in [-0.05, 0) is 60.7 Å². The zero-order chi connectivity index (χ0) is 30.9. The first-order valence-corrected chi connectivity index (χ1v) is 15.7. The number of amides is 1. The normalized spacial score (nSPS) is 12.6. The van der Waals surface area contributed by atoms with Crippen LogP contribution in [0.5, 0.6) is 5.75 Å². The second kappa shape index (κ2) is 10.1. The molecule has 0 radical (unpaired) electrons. The maximum absolute atomic E-state index is 13.7. The predicted molar refractivity (Wildman–Crippen MR) is 168 cm³/mol. The standard InChI is InChI=1S/C32H24ClFN4O5S/c1-35-32(39)29-21-13-20(25(37(2)44(3,40)41)15-28(21)43-31(29)17-7-9-18(34)10-8-17)23-11-12-27-30(36-23)26-14-19-22(33)5-4-6-24(19)38(26)16-42-27/h4-15H,16H2,1-3H3,(H,35,39). The topological polar surface area (TPSA) is 107 Å². The van der Waals surface area contributed by atoms with Crippen LogP contribution in [0.25, 0.3) is 55.8 Å². The van der Waals surface area contributed by atoms with Gasteiger partial charge in [0.1, 0.15) is 28.6 Å². The highest BCUT2D eigenvalue weighted by Crippen LogP contribution is 2.44. The number of ether oxygens (including phenoxy) is 1. The minimum atomic E-state index is -3.72. The fraction of sp³-hybridized carbons (Fsp3) is 0.125. The van der Waals surface area contributed by atoms with Crippen molar-refractivity contribution in [2.24, 2.45) is 0 Å². The van der Waals surface area contributed by atoms with Gasteiger partial charge in [-0.25, -0.2) is 17.8 Å². The van der Waals surface area contributed by atoms with E-state index in [2.05, 4.69) is 5.32 Å². The Labute approximate surface area is 256 Å². The number of nitrogens with zero attached hydrogens (tertiary/aromatic N) is 3. The SMILES string of the molecule is CNC(=O)c1c(-c2ccc(F)cc2)oc2cc(N(C)S(C)(=O)=O)c(-c3ccc4c(n3)-c3cc5c(Cl)cccc5n3CO4)cc12. The number of pyridine rings is 1. The summed E-state index contributed by atoms with van der Waals surface area (Å²) >= 11 is 6.49. The molecule has 0 atom stereocenters. The molecule has 4 heterocycles. The molecule has 7 rings (SSSR count). The number of carbonyl (C=O) groups excluding carboxylic acids is 1. The Bertz CT molecular complexity index is 2260. The van der Waals surface area contributed by atoms with Crippen molar-refractivity contribution in [1.29, 1.82) is 0 Å². The summed E-state index contributed by atoms with van der Waals surface area (Å²) in [6.45, 7) is 0.276. The Hall–Kier alpha value is -4.87. The number of carbonyl (C=O) groups is 1. The number of furan rings is 1. The molecule has 0 fully saturated rings. The van der Waals surface area contributed by atoms with Crippen LogP contribution in [0, 0.1) is 5.82 Å². The molecule has 1 N–H and O–H groups in total. The van der Waals surface area contributed by atoms with E-state index in [0.717, 1.165) is 27.2 Å². The highest BCUT2D eigenvalue weighted by atomic mass is 35.5. The molecule has 44 heavy (non-hydrogen) atoms. The molecule has 6 aromatic rings. The Morgan fingerprint density at radius 1 is 1.07 bits per heavy atom. The van der Waals surface area contributed by atoms with Gasteiger partial charge < -0.3 is 19.0 Å². The van der Waals surface area contributed by atoms with Gasteiger partial charge in [-0.15, -0.1) is 0 Å². The third-order valence-corrected chi connectivity index (χ3v) is 9.34. The number of rotatable bonds is 5. The van der Waals surface area contributed by atoms with Crippen LogP contribution in [0.15, 0.2) is 77.2 Å². The summed E-state index contributed by atoms with van der Waals surface area (Å²) in [5, 5.41) is 4.53. The number of fused-ring (bicyclic) bond motifs is 6. The van der Waals surface area contributed by atoms with Crippen molar-refractivity contribution in [3.63, 3.8) is 0 Å². The van der Waals surface area contributed by atoms with Crippen LogP contribution in [-0.2, 0) is 16.8 Å². The summed E-state index contributed by atoms with van der Waals surface area (Å²) in [5.41, 5.74) is 4.39. The van der Waals surface area contributed by atoms with Crippen LogP contribution in [0.1, 0.15) is 10.4 Å². The van der Waals surface area contributed by atoms with Crippen molar-refractivity contribution < 1.29 is 26.8 Å². The zero-order valence-electron chi connectivity index (χ0n) is 23.7. The van der Waals surface area contributed by atoms with Crippen LogP contribution < -0.4 is 14.4 Å². The van der Waals surface area contributed by atoms with E-state index in [-0.39, 0.29) is 29.3 Å². The molecular weight excluding hydrogens is 607 g/mol. The minimum Gasteiger partial charge on any atom is -0.470 e. The molecule has 0 aliphatic carbocycles.